The van der Waals surface area contributed by atoms with Gasteiger partial charge in [0.25, 0.3) is 16.7 Å². The highest BCUT2D eigenvalue weighted by Crippen LogP contribution is 2.35. The van der Waals surface area contributed by atoms with Crippen LogP contribution in [-0.2, 0) is 4.74 Å². The fraction of sp³-hybridized carbons (Fsp3) is 0.316. The maximum absolute atomic E-state index is 12.7. The van der Waals surface area contributed by atoms with Crippen LogP contribution in [0.5, 0.6) is 0 Å². The molecule has 0 aliphatic carbocycles. The summed E-state index contributed by atoms with van der Waals surface area (Å²) in [5.41, 5.74) is 1.01. The third-order valence-corrected chi connectivity index (χ3v) is 6.55. The van der Waals surface area contributed by atoms with Gasteiger partial charge in [-0.2, -0.15) is 0 Å². The Morgan fingerprint density at radius 3 is 2.87 bits per heavy atom. The van der Waals surface area contributed by atoms with E-state index in [1.165, 1.54) is 11.8 Å². The second-order valence-corrected chi connectivity index (χ2v) is 8.72. The van der Waals surface area contributed by atoms with Crippen molar-refractivity contribution in [3.63, 3.8) is 0 Å². The molecule has 0 saturated heterocycles. The number of furan rings is 1. The zero-order valence-corrected chi connectivity index (χ0v) is 18.3. The Kier molecular flexibility index (Phi) is 5.48. The minimum atomic E-state index is -0.450. The van der Waals surface area contributed by atoms with Gasteiger partial charge >= 0.3 is 5.97 Å². The van der Waals surface area contributed by atoms with Gasteiger partial charge in [0.2, 0.25) is 0 Å². The van der Waals surface area contributed by atoms with Gasteiger partial charge in [-0.05, 0) is 39.3 Å². The van der Waals surface area contributed by atoms with Crippen molar-refractivity contribution in [3.8, 4) is 11.5 Å². The van der Waals surface area contributed by atoms with Gasteiger partial charge in [-0.15, -0.1) is 21.5 Å². The number of thiophene rings is 1. The fourth-order valence-corrected chi connectivity index (χ4v) is 4.75. The Labute approximate surface area is 178 Å². The molecule has 11 heteroatoms. The number of H-pyrrole nitrogens is 1. The Morgan fingerprint density at radius 2 is 2.17 bits per heavy atom. The molecule has 4 aromatic rings. The van der Waals surface area contributed by atoms with E-state index in [4.69, 9.17) is 13.6 Å². The van der Waals surface area contributed by atoms with E-state index < -0.39 is 5.97 Å². The summed E-state index contributed by atoms with van der Waals surface area (Å²) in [6.07, 6.45) is 1.56. The molecule has 0 spiro atoms. The first-order valence-corrected chi connectivity index (χ1v) is 10.8. The Morgan fingerprint density at radius 1 is 1.37 bits per heavy atom. The van der Waals surface area contributed by atoms with Crippen LogP contribution in [-0.4, -0.2) is 32.7 Å². The molecule has 0 bridgehead atoms. The summed E-state index contributed by atoms with van der Waals surface area (Å²) in [6.45, 7) is 7.40. The average Bonchev–Trinajstić information content (AvgIpc) is 3.41. The third kappa shape index (κ3) is 3.65. The molecule has 0 aromatic carbocycles. The van der Waals surface area contributed by atoms with Gasteiger partial charge in [0.15, 0.2) is 0 Å². The van der Waals surface area contributed by atoms with Crippen LogP contribution >= 0.6 is 23.1 Å². The number of aromatic nitrogens is 4. The van der Waals surface area contributed by atoms with E-state index in [-0.39, 0.29) is 17.4 Å². The number of thioether (sulfide) groups is 1. The molecule has 0 radical (unpaired) electrons. The molecule has 30 heavy (non-hydrogen) atoms. The summed E-state index contributed by atoms with van der Waals surface area (Å²) < 4.78 is 16.0. The molecule has 4 rings (SSSR count). The Bertz CT molecular complexity index is 1290. The first-order valence-electron chi connectivity index (χ1n) is 9.14. The minimum absolute atomic E-state index is 0.264. The van der Waals surface area contributed by atoms with Crippen LogP contribution in [0, 0.1) is 13.8 Å². The van der Waals surface area contributed by atoms with Crippen molar-refractivity contribution in [1.29, 1.82) is 0 Å². The largest absolute Gasteiger partial charge is 0.469 e. The van der Waals surface area contributed by atoms with Crippen molar-refractivity contribution in [2.24, 2.45) is 0 Å². The van der Waals surface area contributed by atoms with Crippen molar-refractivity contribution >= 4 is 39.3 Å². The number of nitrogens with zero attached hydrogens (tertiary/aromatic N) is 3. The number of rotatable bonds is 6. The summed E-state index contributed by atoms with van der Waals surface area (Å²) in [6, 6.07) is 1.76. The lowest BCUT2D eigenvalue weighted by Gasteiger charge is -2.07. The Hall–Kier alpha value is -2.92. The highest BCUT2D eigenvalue weighted by Gasteiger charge is 2.23. The number of hydrogen-bond donors (Lipinski definition) is 1. The summed E-state index contributed by atoms with van der Waals surface area (Å²) in [5.74, 6) is 1.05. The fourth-order valence-electron chi connectivity index (χ4n) is 2.92. The number of aryl methyl sites for hydroxylation is 2. The zero-order chi connectivity index (χ0) is 21.4. The van der Waals surface area contributed by atoms with Gasteiger partial charge in [-0.3, -0.25) is 4.79 Å². The maximum atomic E-state index is 12.7. The zero-order valence-electron chi connectivity index (χ0n) is 16.6. The van der Waals surface area contributed by atoms with Gasteiger partial charge < -0.3 is 18.6 Å². The molecule has 9 nitrogen and oxygen atoms in total. The second-order valence-electron chi connectivity index (χ2n) is 6.43. The van der Waals surface area contributed by atoms with Crippen LogP contribution in [0.2, 0.25) is 0 Å². The first kappa shape index (κ1) is 20.4. The van der Waals surface area contributed by atoms with Crippen LogP contribution in [0.1, 0.15) is 45.9 Å². The average molecular weight is 447 g/mol. The van der Waals surface area contributed by atoms with Gasteiger partial charge in [0, 0.05) is 0 Å². The van der Waals surface area contributed by atoms with Crippen LogP contribution in [0.3, 0.4) is 0 Å². The van der Waals surface area contributed by atoms with Crippen molar-refractivity contribution < 1.29 is 18.4 Å². The standard InChI is InChI=1S/C19H18N4O5S2/c1-5-26-18(25)13-8(2)12-15(24)20-14(21-17(12)30-13)10(4)29-19-23-22-16(28-19)11-6-7-27-9(11)3/h6-7,10H,5H2,1-4H3,(H,20,21,24)/t10-/m0/s1. The van der Waals surface area contributed by atoms with E-state index in [1.807, 2.05) is 13.8 Å². The molecule has 0 saturated carbocycles. The van der Waals surface area contributed by atoms with Crippen LogP contribution in [0.25, 0.3) is 21.7 Å². The molecule has 1 atom stereocenters. The van der Waals surface area contributed by atoms with Gasteiger partial charge in [0.1, 0.15) is 21.3 Å². The lowest BCUT2D eigenvalue weighted by molar-refractivity contribution is 0.0531. The summed E-state index contributed by atoms with van der Waals surface area (Å²) >= 11 is 2.42. The first-order chi connectivity index (χ1) is 14.4. The minimum Gasteiger partial charge on any atom is -0.469 e. The Balaban J connectivity index is 1.61. The number of aromatic amines is 1. The molecule has 0 amide bonds. The number of carbonyl (C=O) groups is 1. The number of hydrogen-bond acceptors (Lipinski definition) is 10. The second kappa shape index (κ2) is 8.07. The topological polar surface area (TPSA) is 124 Å². The number of fused-ring (bicyclic) bond motifs is 1. The number of ether oxygens (including phenoxy) is 1. The smallest absolute Gasteiger partial charge is 0.348 e. The van der Waals surface area contributed by atoms with Crippen molar-refractivity contribution in [1.82, 2.24) is 20.2 Å². The summed E-state index contributed by atoms with van der Waals surface area (Å²) in [5, 5.41) is 8.57. The SMILES string of the molecule is CCOC(=O)c1sc2nc([C@H](C)Sc3nnc(-c4ccoc4C)o3)[nH]c(=O)c2c1C. The molecule has 0 unspecified atom stereocenters. The van der Waals surface area contributed by atoms with E-state index in [1.54, 1.807) is 26.2 Å². The predicted molar refractivity (Wildman–Crippen MR) is 112 cm³/mol. The highest BCUT2D eigenvalue weighted by molar-refractivity contribution is 7.99. The van der Waals surface area contributed by atoms with E-state index in [0.717, 1.165) is 16.9 Å². The van der Waals surface area contributed by atoms with Gasteiger partial charge in [0.05, 0.1) is 29.1 Å². The summed E-state index contributed by atoms with van der Waals surface area (Å²) in [7, 11) is 0. The third-order valence-electron chi connectivity index (χ3n) is 4.44. The lowest BCUT2D eigenvalue weighted by Crippen LogP contribution is -2.12. The van der Waals surface area contributed by atoms with E-state index in [0.29, 0.717) is 43.4 Å². The van der Waals surface area contributed by atoms with Gasteiger partial charge in [-0.25, -0.2) is 9.78 Å². The monoisotopic (exact) mass is 446 g/mol. The molecule has 4 aromatic heterocycles. The molecular formula is C19H18N4O5S2. The summed E-state index contributed by atoms with van der Waals surface area (Å²) in [4.78, 5) is 33.0. The van der Waals surface area contributed by atoms with Crippen molar-refractivity contribution in [3.05, 3.63) is 44.7 Å². The molecule has 0 aliphatic rings. The van der Waals surface area contributed by atoms with Crippen LogP contribution < -0.4 is 5.56 Å². The molecule has 1 N–H and O–H groups in total. The van der Waals surface area contributed by atoms with Crippen LogP contribution in [0.4, 0.5) is 0 Å². The molecule has 0 fully saturated rings. The van der Waals surface area contributed by atoms with E-state index >= 15 is 0 Å². The lowest BCUT2D eigenvalue weighted by atomic mass is 10.2. The quantitative estimate of drug-likeness (QED) is 0.341. The molecule has 0 aliphatic heterocycles. The van der Waals surface area contributed by atoms with E-state index in [9.17, 15) is 9.59 Å². The van der Waals surface area contributed by atoms with Crippen molar-refractivity contribution in [2.45, 2.75) is 38.2 Å². The molecule has 156 valence electrons. The van der Waals surface area contributed by atoms with Crippen LogP contribution in [0.15, 0.2) is 31.2 Å². The number of esters is 1. The number of nitrogens with one attached hydrogen (secondary N) is 1. The van der Waals surface area contributed by atoms with E-state index in [2.05, 4.69) is 20.2 Å². The molecule has 4 heterocycles. The normalized spacial score (nSPS) is 12.4. The predicted octanol–water partition coefficient (Wildman–Crippen LogP) is 4.27. The maximum Gasteiger partial charge on any atom is 0.348 e. The highest BCUT2D eigenvalue weighted by atomic mass is 32.2. The van der Waals surface area contributed by atoms with Crippen molar-refractivity contribution in [2.75, 3.05) is 6.61 Å². The van der Waals surface area contributed by atoms with Gasteiger partial charge in [-0.1, -0.05) is 11.8 Å². The molecular weight excluding hydrogens is 428 g/mol. The number of carbonyl (C=O) groups excluding carboxylic acids is 1.